The van der Waals surface area contributed by atoms with Crippen LogP contribution in [0.5, 0.6) is 0 Å². The number of fused-ring (bicyclic) bond motifs is 1. The molecule has 0 saturated heterocycles. The lowest BCUT2D eigenvalue weighted by Crippen LogP contribution is -2.22. The van der Waals surface area contributed by atoms with Gasteiger partial charge in [-0.3, -0.25) is 9.89 Å². The minimum Gasteiger partial charge on any atom is -0.343 e. The number of nitrogens with one attached hydrogen (secondary N) is 1. The van der Waals surface area contributed by atoms with E-state index in [-0.39, 0.29) is 5.91 Å². The number of rotatable bonds is 6. The molecule has 1 aliphatic rings. The summed E-state index contributed by atoms with van der Waals surface area (Å²) in [5.74, 6) is 1.81. The lowest BCUT2D eigenvalue weighted by molar-refractivity contribution is 0.0823. The van der Waals surface area contributed by atoms with Crippen molar-refractivity contribution in [2.24, 2.45) is 5.92 Å². The summed E-state index contributed by atoms with van der Waals surface area (Å²) in [6.45, 7) is 0. The maximum Gasteiger partial charge on any atom is 0.274 e. The number of hydrogen-bond donors (Lipinski definition) is 1. The molecule has 1 fully saturated rings. The third-order valence-corrected chi connectivity index (χ3v) is 6.99. The van der Waals surface area contributed by atoms with E-state index in [0.29, 0.717) is 11.3 Å². The Kier molecular flexibility index (Phi) is 4.63. The summed E-state index contributed by atoms with van der Waals surface area (Å²) in [6, 6.07) is 6.01. The van der Waals surface area contributed by atoms with Gasteiger partial charge in [-0.15, -0.1) is 23.1 Å². The van der Waals surface area contributed by atoms with Crippen molar-refractivity contribution in [1.29, 1.82) is 0 Å². The average molecular weight is 425 g/mol. The fourth-order valence-corrected chi connectivity index (χ4v) is 5.03. The van der Waals surface area contributed by atoms with Crippen LogP contribution in [0.1, 0.15) is 23.3 Å². The molecular weight excluding hydrogens is 404 g/mol. The summed E-state index contributed by atoms with van der Waals surface area (Å²) >= 11 is 3.37. The number of thioether (sulfide) groups is 1. The highest BCUT2D eigenvalue weighted by atomic mass is 32.2. The van der Waals surface area contributed by atoms with Gasteiger partial charge in [0, 0.05) is 48.1 Å². The summed E-state index contributed by atoms with van der Waals surface area (Å²) in [5, 5.41) is 15.4. The van der Waals surface area contributed by atoms with Crippen molar-refractivity contribution in [1.82, 2.24) is 29.9 Å². The molecular formula is C20H20N6OS2. The van der Waals surface area contributed by atoms with Crippen molar-refractivity contribution in [3.63, 3.8) is 0 Å². The number of hydrogen-bond acceptors (Lipinski definition) is 6. The van der Waals surface area contributed by atoms with E-state index >= 15 is 0 Å². The minimum atomic E-state index is -0.120. The zero-order valence-corrected chi connectivity index (χ0v) is 17.8. The quantitative estimate of drug-likeness (QED) is 0.472. The molecule has 0 bridgehead atoms. The molecule has 0 aromatic carbocycles. The van der Waals surface area contributed by atoms with E-state index in [0.717, 1.165) is 38.2 Å². The molecule has 1 aliphatic carbocycles. The zero-order valence-electron chi connectivity index (χ0n) is 16.1. The first-order valence-electron chi connectivity index (χ1n) is 9.42. The van der Waals surface area contributed by atoms with Gasteiger partial charge in [0.2, 0.25) is 0 Å². The first kappa shape index (κ1) is 18.4. The Morgan fingerprint density at radius 3 is 2.97 bits per heavy atom. The van der Waals surface area contributed by atoms with Gasteiger partial charge in [-0.25, -0.2) is 9.67 Å². The number of carbonyl (C=O) groups is 1. The van der Waals surface area contributed by atoms with Crippen molar-refractivity contribution >= 4 is 40.0 Å². The Bertz CT molecular complexity index is 1170. The highest BCUT2D eigenvalue weighted by Crippen LogP contribution is 2.36. The zero-order chi connectivity index (χ0) is 20.0. The fraction of sp³-hybridized carbons (Fsp3) is 0.300. The third-order valence-electron chi connectivity index (χ3n) is 4.89. The molecule has 4 aromatic rings. The van der Waals surface area contributed by atoms with E-state index in [1.807, 2.05) is 35.5 Å². The lowest BCUT2D eigenvalue weighted by Gasteiger charge is -2.07. The second-order valence-corrected chi connectivity index (χ2v) is 9.38. The fourth-order valence-electron chi connectivity index (χ4n) is 3.08. The second kappa shape index (κ2) is 7.31. The van der Waals surface area contributed by atoms with Gasteiger partial charge < -0.3 is 4.90 Å². The molecule has 4 heterocycles. The van der Waals surface area contributed by atoms with Crippen LogP contribution in [0.3, 0.4) is 0 Å². The first-order chi connectivity index (χ1) is 14.1. The smallest absolute Gasteiger partial charge is 0.274 e. The minimum absolute atomic E-state index is 0.120. The summed E-state index contributed by atoms with van der Waals surface area (Å²) in [7, 11) is 3.49. The molecule has 1 N–H and O–H groups in total. The SMILES string of the molecule is CN(C)C(=O)c1nn(-c2cc(-c3ccn[nH]3)cs2)c2ncc(SCC3CC3)cc12. The van der Waals surface area contributed by atoms with Crippen molar-refractivity contribution < 1.29 is 4.79 Å². The molecule has 5 rings (SSSR count). The van der Waals surface area contributed by atoms with Gasteiger partial charge in [0.1, 0.15) is 5.00 Å². The summed E-state index contributed by atoms with van der Waals surface area (Å²) in [6.07, 6.45) is 6.26. The van der Waals surface area contributed by atoms with Crippen LogP contribution in [0.15, 0.2) is 40.9 Å². The van der Waals surface area contributed by atoms with E-state index in [4.69, 9.17) is 0 Å². The van der Waals surface area contributed by atoms with Crippen molar-refractivity contribution in [2.75, 3.05) is 19.8 Å². The van der Waals surface area contributed by atoms with Crippen LogP contribution in [0, 0.1) is 5.92 Å². The largest absolute Gasteiger partial charge is 0.343 e. The highest BCUT2D eigenvalue weighted by Gasteiger charge is 2.24. The Hall–Kier alpha value is -2.65. The standard InChI is InChI=1S/C20H20N6OS2/c1-25(2)20(27)18-15-8-14(28-10-12-3-4-12)9-21-19(15)26(24-18)17-7-13(11-29-17)16-5-6-22-23-16/h5-9,11-12H,3-4,10H2,1-2H3,(H,22,23). The molecule has 0 radical (unpaired) electrons. The lowest BCUT2D eigenvalue weighted by atomic mass is 10.2. The number of pyridine rings is 1. The maximum atomic E-state index is 12.8. The molecule has 1 amide bonds. The normalized spacial score (nSPS) is 13.9. The Labute approximate surface area is 176 Å². The Balaban J connectivity index is 1.58. The van der Waals surface area contributed by atoms with E-state index in [1.54, 1.807) is 41.2 Å². The van der Waals surface area contributed by atoms with Gasteiger partial charge in [0.05, 0.1) is 11.1 Å². The van der Waals surface area contributed by atoms with Crippen LogP contribution in [0.25, 0.3) is 27.3 Å². The molecule has 29 heavy (non-hydrogen) atoms. The molecule has 0 aliphatic heterocycles. The van der Waals surface area contributed by atoms with Crippen molar-refractivity contribution in [2.45, 2.75) is 17.7 Å². The first-order valence-corrected chi connectivity index (χ1v) is 11.3. The number of nitrogens with zero attached hydrogens (tertiary/aromatic N) is 5. The third kappa shape index (κ3) is 3.56. The van der Waals surface area contributed by atoms with Gasteiger partial charge >= 0.3 is 0 Å². The van der Waals surface area contributed by atoms with Crippen molar-refractivity contribution in [3.8, 4) is 16.3 Å². The summed E-state index contributed by atoms with van der Waals surface area (Å²) < 4.78 is 1.77. The number of carbonyl (C=O) groups excluding carboxylic acids is 1. The van der Waals surface area contributed by atoms with E-state index in [9.17, 15) is 4.79 Å². The van der Waals surface area contributed by atoms with Crippen LogP contribution < -0.4 is 0 Å². The molecule has 148 valence electrons. The van der Waals surface area contributed by atoms with Gasteiger partial charge in [-0.1, -0.05) is 0 Å². The number of aromatic nitrogens is 5. The summed E-state index contributed by atoms with van der Waals surface area (Å²) in [5.41, 5.74) is 3.11. The van der Waals surface area contributed by atoms with Gasteiger partial charge in [-0.05, 0) is 37.0 Å². The monoisotopic (exact) mass is 424 g/mol. The average Bonchev–Trinajstić information content (AvgIpc) is 3.13. The Morgan fingerprint density at radius 1 is 1.38 bits per heavy atom. The van der Waals surface area contributed by atoms with E-state index in [1.165, 1.54) is 12.8 Å². The molecule has 4 aromatic heterocycles. The van der Waals surface area contributed by atoms with Gasteiger partial charge in [0.15, 0.2) is 11.3 Å². The molecule has 9 heteroatoms. The Morgan fingerprint density at radius 2 is 2.24 bits per heavy atom. The molecule has 0 atom stereocenters. The van der Waals surface area contributed by atoms with Crippen LogP contribution in [0.2, 0.25) is 0 Å². The van der Waals surface area contributed by atoms with Crippen LogP contribution >= 0.6 is 23.1 Å². The predicted octanol–water partition coefficient (Wildman–Crippen LogP) is 4.08. The van der Waals surface area contributed by atoms with E-state index in [2.05, 4.69) is 26.3 Å². The number of aromatic amines is 1. The summed E-state index contributed by atoms with van der Waals surface area (Å²) in [4.78, 5) is 20.1. The predicted molar refractivity (Wildman–Crippen MR) is 116 cm³/mol. The molecule has 0 unspecified atom stereocenters. The van der Waals surface area contributed by atoms with Gasteiger partial charge in [-0.2, -0.15) is 10.2 Å². The highest BCUT2D eigenvalue weighted by molar-refractivity contribution is 7.99. The second-order valence-electron chi connectivity index (χ2n) is 7.40. The molecule has 1 saturated carbocycles. The number of thiophene rings is 1. The van der Waals surface area contributed by atoms with Gasteiger partial charge in [0.25, 0.3) is 5.91 Å². The number of H-pyrrole nitrogens is 1. The molecule has 0 spiro atoms. The van der Waals surface area contributed by atoms with E-state index < -0.39 is 0 Å². The van der Waals surface area contributed by atoms with Crippen LogP contribution in [0.4, 0.5) is 0 Å². The number of amides is 1. The van der Waals surface area contributed by atoms with Crippen LogP contribution in [-0.2, 0) is 0 Å². The van der Waals surface area contributed by atoms with Crippen LogP contribution in [-0.4, -0.2) is 55.6 Å². The van der Waals surface area contributed by atoms with Crippen molar-refractivity contribution in [3.05, 3.63) is 41.7 Å². The maximum absolute atomic E-state index is 12.8. The topological polar surface area (TPSA) is 79.7 Å². The molecule has 7 nitrogen and oxygen atoms in total.